The number of rotatable bonds is 5. The molecule has 0 unspecified atom stereocenters. The molecule has 3 fully saturated rings. The molecule has 0 aliphatic carbocycles. The van der Waals surface area contributed by atoms with Crippen LogP contribution in [0.2, 0.25) is 0 Å². The average molecular weight is 622 g/mol. The predicted molar refractivity (Wildman–Crippen MR) is 158 cm³/mol. The number of nitrogens with zero attached hydrogens (tertiary/aromatic N) is 2. The highest BCUT2D eigenvalue weighted by molar-refractivity contribution is 6.10. The van der Waals surface area contributed by atoms with E-state index in [9.17, 15) is 27.6 Å². The molecule has 0 bridgehead atoms. The molecule has 0 radical (unpaired) electrons. The SMILES string of the molecule is Cc1ccc(CN2CCC[C@]3(N[C@H](c4ccc(C)cc4)[C@@H]4C(=O)N(Cc5ccccc5)C(=O)[C@@H]43)C2=O)cc1.O=C(O)C(F)(F)F. The second-order valence-electron chi connectivity index (χ2n) is 11.9. The Bertz CT molecular complexity index is 1580. The van der Waals surface area contributed by atoms with Gasteiger partial charge < -0.3 is 10.0 Å². The van der Waals surface area contributed by atoms with E-state index in [1.165, 1.54) is 10.5 Å². The fourth-order valence-electron chi connectivity index (χ4n) is 6.57. The summed E-state index contributed by atoms with van der Waals surface area (Å²) in [6.07, 6.45) is -3.77. The van der Waals surface area contributed by atoms with Crippen molar-refractivity contribution >= 4 is 23.7 Å². The van der Waals surface area contributed by atoms with Gasteiger partial charge in [-0.1, -0.05) is 90.0 Å². The van der Waals surface area contributed by atoms with Crippen LogP contribution < -0.4 is 5.32 Å². The molecule has 0 aromatic heterocycles. The third-order valence-electron chi connectivity index (χ3n) is 8.77. The molecule has 11 heteroatoms. The van der Waals surface area contributed by atoms with Crippen molar-refractivity contribution in [2.45, 2.75) is 57.5 Å². The number of nitrogens with one attached hydrogen (secondary N) is 1. The third kappa shape index (κ3) is 6.35. The normalized spacial score (nSPS) is 24.5. The van der Waals surface area contributed by atoms with Gasteiger partial charge in [-0.05, 0) is 43.4 Å². The van der Waals surface area contributed by atoms with Gasteiger partial charge in [-0.25, -0.2) is 4.79 Å². The maximum Gasteiger partial charge on any atom is 0.490 e. The van der Waals surface area contributed by atoms with Gasteiger partial charge in [0.25, 0.3) is 0 Å². The lowest BCUT2D eigenvalue weighted by Crippen LogP contribution is -2.63. The first-order chi connectivity index (χ1) is 21.3. The lowest BCUT2D eigenvalue weighted by Gasteiger charge is -2.42. The number of likely N-dealkylation sites (tertiary alicyclic amines) is 2. The van der Waals surface area contributed by atoms with E-state index < -0.39 is 35.6 Å². The predicted octanol–water partition coefficient (Wildman–Crippen LogP) is 4.94. The molecule has 4 atom stereocenters. The monoisotopic (exact) mass is 621 g/mol. The second-order valence-corrected chi connectivity index (χ2v) is 11.9. The van der Waals surface area contributed by atoms with Crippen LogP contribution in [0.25, 0.3) is 0 Å². The number of benzene rings is 3. The molecular formula is C34H34F3N3O5. The summed E-state index contributed by atoms with van der Waals surface area (Å²) in [5, 5.41) is 10.7. The zero-order valence-corrected chi connectivity index (χ0v) is 24.9. The Balaban J connectivity index is 0.000000515. The third-order valence-corrected chi connectivity index (χ3v) is 8.77. The minimum Gasteiger partial charge on any atom is -0.475 e. The molecule has 3 aromatic carbocycles. The smallest absolute Gasteiger partial charge is 0.475 e. The van der Waals surface area contributed by atoms with Crippen LogP contribution in [0.15, 0.2) is 78.9 Å². The molecule has 3 heterocycles. The first-order valence-corrected chi connectivity index (χ1v) is 14.7. The molecule has 3 amide bonds. The van der Waals surface area contributed by atoms with Crippen LogP contribution in [0.3, 0.4) is 0 Å². The lowest BCUT2D eigenvalue weighted by molar-refractivity contribution is -0.192. The second kappa shape index (κ2) is 12.5. The molecule has 2 N–H and O–H groups in total. The highest BCUT2D eigenvalue weighted by Crippen LogP contribution is 2.52. The van der Waals surface area contributed by atoms with Crippen molar-refractivity contribution in [3.8, 4) is 0 Å². The minimum atomic E-state index is -5.08. The van der Waals surface area contributed by atoms with Gasteiger partial charge in [0.05, 0.1) is 18.4 Å². The van der Waals surface area contributed by atoms with Crippen LogP contribution in [-0.4, -0.2) is 56.9 Å². The summed E-state index contributed by atoms with van der Waals surface area (Å²) in [7, 11) is 0. The van der Waals surface area contributed by atoms with E-state index >= 15 is 0 Å². The quantitative estimate of drug-likeness (QED) is 0.391. The van der Waals surface area contributed by atoms with Gasteiger partial charge in [0.15, 0.2) is 0 Å². The van der Waals surface area contributed by atoms with Gasteiger partial charge in [0, 0.05) is 19.1 Å². The first kappa shape index (κ1) is 31.9. The molecule has 6 rings (SSSR count). The topological polar surface area (TPSA) is 107 Å². The number of carbonyl (C=O) groups is 4. The standard InChI is InChI=1S/C32H33N3O3.C2HF3O2/c1-21-9-13-24(14-10-21)19-34-18-6-17-32(31(34)38)27-26(28(33-32)25-15-11-22(2)12-16-25)29(36)35(30(27)37)20-23-7-4-3-5-8-23;3-2(4,5)1(6)7/h3-5,7-16,26-28,33H,6,17-20H2,1-2H3;(H,6,7)/t26-,27-,28-,32-;/m1./s1. The average Bonchev–Trinajstić information content (AvgIpc) is 3.47. The van der Waals surface area contributed by atoms with Crippen LogP contribution in [0.5, 0.6) is 0 Å². The van der Waals surface area contributed by atoms with E-state index in [0.717, 1.165) is 28.7 Å². The van der Waals surface area contributed by atoms with Crippen molar-refractivity contribution < 1.29 is 37.5 Å². The fourth-order valence-corrected chi connectivity index (χ4v) is 6.57. The van der Waals surface area contributed by atoms with Gasteiger partial charge in [-0.2, -0.15) is 13.2 Å². The molecule has 3 aliphatic heterocycles. The van der Waals surface area contributed by atoms with Gasteiger partial charge in [0.2, 0.25) is 17.7 Å². The van der Waals surface area contributed by atoms with E-state index in [1.807, 2.05) is 73.3 Å². The zero-order chi connectivity index (χ0) is 32.5. The Hall–Kier alpha value is -4.51. The van der Waals surface area contributed by atoms with Crippen molar-refractivity contribution in [1.82, 2.24) is 15.1 Å². The summed E-state index contributed by atoms with van der Waals surface area (Å²) in [6, 6.07) is 25.5. The van der Waals surface area contributed by atoms with Crippen LogP contribution in [0.1, 0.15) is 46.7 Å². The van der Waals surface area contributed by atoms with Crippen molar-refractivity contribution in [3.63, 3.8) is 0 Å². The fraction of sp³-hybridized carbons (Fsp3) is 0.353. The number of hydrogen-bond acceptors (Lipinski definition) is 5. The van der Waals surface area contributed by atoms with E-state index in [-0.39, 0.29) is 24.3 Å². The Labute approximate surface area is 258 Å². The number of piperidine rings is 1. The van der Waals surface area contributed by atoms with Crippen LogP contribution in [0.4, 0.5) is 13.2 Å². The van der Waals surface area contributed by atoms with Crippen molar-refractivity contribution in [2.75, 3.05) is 6.54 Å². The van der Waals surface area contributed by atoms with Crippen LogP contribution in [-0.2, 0) is 32.3 Å². The largest absolute Gasteiger partial charge is 0.490 e. The van der Waals surface area contributed by atoms with E-state index in [0.29, 0.717) is 19.5 Å². The molecule has 236 valence electrons. The molecular weight excluding hydrogens is 587 g/mol. The Morgan fingerprint density at radius 3 is 2.00 bits per heavy atom. The molecule has 3 aliphatic rings. The highest BCUT2D eigenvalue weighted by atomic mass is 19.4. The van der Waals surface area contributed by atoms with Gasteiger partial charge in [-0.3, -0.25) is 24.6 Å². The molecule has 3 saturated heterocycles. The summed E-state index contributed by atoms with van der Waals surface area (Å²) >= 11 is 0. The highest BCUT2D eigenvalue weighted by Gasteiger charge is 2.69. The number of hydrogen-bond donors (Lipinski definition) is 2. The molecule has 3 aromatic rings. The maximum atomic E-state index is 14.3. The zero-order valence-electron chi connectivity index (χ0n) is 24.9. The summed E-state index contributed by atoms with van der Waals surface area (Å²) in [5.41, 5.74) is 4.10. The summed E-state index contributed by atoms with van der Waals surface area (Å²) in [5.74, 6) is -4.60. The van der Waals surface area contributed by atoms with Gasteiger partial charge >= 0.3 is 12.1 Å². The number of imide groups is 1. The maximum absolute atomic E-state index is 14.3. The Kier molecular flexibility index (Phi) is 8.84. The number of carboxylic acids is 1. The number of aliphatic carboxylic acids is 1. The number of amides is 3. The number of carboxylic acid groups (broad SMARTS) is 1. The van der Waals surface area contributed by atoms with Gasteiger partial charge in [-0.15, -0.1) is 0 Å². The number of halogens is 3. The van der Waals surface area contributed by atoms with E-state index in [1.54, 1.807) is 0 Å². The minimum absolute atomic E-state index is 0.0725. The Morgan fingerprint density at radius 1 is 0.867 bits per heavy atom. The molecule has 1 spiro atoms. The van der Waals surface area contributed by atoms with Crippen molar-refractivity contribution in [1.29, 1.82) is 0 Å². The van der Waals surface area contributed by atoms with Crippen molar-refractivity contribution in [2.24, 2.45) is 11.8 Å². The molecule has 0 saturated carbocycles. The van der Waals surface area contributed by atoms with Gasteiger partial charge in [0.1, 0.15) is 5.54 Å². The van der Waals surface area contributed by atoms with Crippen LogP contribution in [0, 0.1) is 25.7 Å². The van der Waals surface area contributed by atoms with E-state index in [2.05, 4.69) is 29.6 Å². The lowest BCUT2D eigenvalue weighted by atomic mass is 9.74. The molecule has 45 heavy (non-hydrogen) atoms. The Morgan fingerprint density at radius 2 is 1.42 bits per heavy atom. The molecule has 8 nitrogen and oxygen atoms in total. The number of aryl methyl sites for hydroxylation is 2. The number of carbonyl (C=O) groups excluding carboxylic acids is 3. The summed E-state index contributed by atoms with van der Waals surface area (Å²) < 4.78 is 31.7. The first-order valence-electron chi connectivity index (χ1n) is 14.7. The number of alkyl halides is 3. The van der Waals surface area contributed by atoms with E-state index in [4.69, 9.17) is 9.90 Å². The summed E-state index contributed by atoms with van der Waals surface area (Å²) in [6.45, 7) is 5.42. The van der Waals surface area contributed by atoms with Crippen molar-refractivity contribution in [3.05, 3.63) is 107 Å². The summed E-state index contributed by atoms with van der Waals surface area (Å²) in [4.78, 5) is 54.4. The number of fused-ring (bicyclic) bond motifs is 2. The van der Waals surface area contributed by atoms with Crippen LogP contribution >= 0.6 is 0 Å².